The first-order valence-electron chi connectivity index (χ1n) is 19.7. The van der Waals surface area contributed by atoms with Crippen LogP contribution in [0.25, 0.3) is 0 Å². The van der Waals surface area contributed by atoms with Crippen molar-refractivity contribution in [1.82, 2.24) is 0 Å². The molecule has 2 aliphatic heterocycles. The minimum Gasteiger partial charge on any atom is -0.394 e. The highest BCUT2D eigenvalue weighted by molar-refractivity contribution is 5.26. The third-order valence-corrected chi connectivity index (χ3v) is 14.7. The van der Waals surface area contributed by atoms with Gasteiger partial charge in [0, 0.05) is 0 Å². The van der Waals surface area contributed by atoms with Crippen molar-refractivity contribution < 1.29 is 49.6 Å². The van der Waals surface area contributed by atoms with Crippen molar-refractivity contribution in [3.8, 4) is 0 Å². The molecule has 0 unspecified atom stereocenters. The maximum Gasteiger partial charge on any atom is 0.187 e. The summed E-state index contributed by atoms with van der Waals surface area (Å²) in [5.41, 5.74) is 1.95. The van der Waals surface area contributed by atoms with Crippen LogP contribution in [0.15, 0.2) is 23.8 Å². The molecule has 6 N–H and O–H groups in total. The minimum atomic E-state index is -1.65. The van der Waals surface area contributed by atoms with Gasteiger partial charge in [0.25, 0.3) is 0 Å². The standard InChI is InChI=1S/C40H66O10/c1-7-23(21(2)3)9-8-22(4)27-12-13-28-26-11-10-24-18-25(14-16-39(24,5)29(26)15-17-40(27,28)6)48-38-36(32(43)30(42)20-47-38)50-37-35(46)34(45)33(44)31(19-41)49-37/h8-10,21-23,25-38,41-46H,7,11-20H2,1-6H3/b9-8-/t22-,23-,25+,26+,27-,28+,29+,30-,31-,32+,33-,34+,35-,36-,37+,38+,39+,40-/m1/s1. The molecule has 0 amide bonds. The van der Waals surface area contributed by atoms with Gasteiger partial charge in [-0.1, -0.05) is 65.3 Å². The van der Waals surface area contributed by atoms with Gasteiger partial charge in [-0.3, -0.25) is 0 Å². The summed E-state index contributed by atoms with van der Waals surface area (Å²) in [5, 5.41) is 62.0. The summed E-state index contributed by atoms with van der Waals surface area (Å²) >= 11 is 0. The molecule has 0 radical (unpaired) electrons. The fourth-order valence-electron chi connectivity index (χ4n) is 11.5. The van der Waals surface area contributed by atoms with Crippen LogP contribution in [-0.2, 0) is 18.9 Å². The van der Waals surface area contributed by atoms with E-state index in [2.05, 4.69) is 59.8 Å². The Labute approximate surface area is 299 Å². The first kappa shape index (κ1) is 38.8. The third-order valence-electron chi connectivity index (χ3n) is 14.7. The van der Waals surface area contributed by atoms with Crippen LogP contribution in [0.3, 0.4) is 0 Å². The van der Waals surface area contributed by atoms with E-state index in [9.17, 15) is 30.6 Å². The van der Waals surface area contributed by atoms with Crippen molar-refractivity contribution in [3.63, 3.8) is 0 Å². The number of fused-ring (bicyclic) bond motifs is 5. The van der Waals surface area contributed by atoms with Gasteiger partial charge in [-0.05, 0) is 110 Å². The highest BCUT2D eigenvalue weighted by Crippen LogP contribution is 2.67. The normalized spacial score (nSPS) is 49.3. The van der Waals surface area contributed by atoms with Gasteiger partial charge in [0.15, 0.2) is 12.6 Å². The molecule has 0 bridgehead atoms. The predicted octanol–water partition coefficient (Wildman–Crippen LogP) is 4.09. The first-order valence-corrected chi connectivity index (χ1v) is 19.7. The number of aliphatic hydroxyl groups excluding tert-OH is 6. The molecule has 0 aromatic carbocycles. The molecule has 5 fully saturated rings. The highest BCUT2D eigenvalue weighted by atomic mass is 16.8. The molecule has 10 heteroatoms. The monoisotopic (exact) mass is 706 g/mol. The summed E-state index contributed by atoms with van der Waals surface area (Å²) in [6.07, 6.45) is 5.05. The third kappa shape index (κ3) is 7.05. The zero-order valence-electron chi connectivity index (χ0n) is 31.1. The average Bonchev–Trinajstić information content (AvgIpc) is 3.45. The smallest absolute Gasteiger partial charge is 0.187 e. The quantitative estimate of drug-likeness (QED) is 0.183. The van der Waals surface area contributed by atoms with Gasteiger partial charge < -0.3 is 49.6 Å². The van der Waals surface area contributed by atoms with Crippen molar-refractivity contribution in [3.05, 3.63) is 23.8 Å². The number of allylic oxidation sites excluding steroid dienone is 3. The molecule has 6 rings (SSSR count). The molecule has 2 heterocycles. The number of ether oxygens (including phenoxy) is 4. The number of rotatable bonds is 10. The Morgan fingerprint density at radius 2 is 1.64 bits per heavy atom. The van der Waals surface area contributed by atoms with Crippen LogP contribution in [0.1, 0.15) is 99.3 Å². The molecular formula is C40H66O10. The predicted molar refractivity (Wildman–Crippen MR) is 187 cm³/mol. The molecule has 18 atom stereocenters. The molecule has 10 nitrogen and oxygen atoms in total. The summed E-state index contributed by atoms with van der Waals surface area (Å²) in [7, 11) is 0. The van der Waals surface area contributed by atoms with Crippen molar-refractivity contribution in [1.29, 1.82) is 0 Å². The molecule has 0 spiro atoms. The molecular weight excluding hydrogens is 640 g/mol. The van der Waals surface area contributed by atoms with Crippen LogP contribution in [0.4, 0.5) is 0 Å². The van der Waals surface area contributed by atoms with Gasteiger partial charge >= 0.3 is 0 Å². The molecule has 50 heavy (non-hydrogen) atoms. The van der Waals surface area contributed by atoms with Gasteiger partial charge in [0.1, 0.15) is 42.7 Å². The van der Waals surface area contributed by atoms with E-state index < -0.39 is 61.9 Å². The van der Waals surface area contributed by atoms with Crippen molar-refractivity contribution in [2.45, 2.75) is 161 Å². The second kappa shape index (κ2) is 15.4. The van der Waals surface area contributed by atoms with E-state index in [1.165, 1.54) is 37.7 Å². The summed E-state index contributed by atoms with van der Waals surface area (Å²) in [6, 6.07) is 0. The summed E-state index contributed by atoms with van der Waals surface area (Å²) in [5.74, 6) is 4.78. The summed E-state index contributed by atoms with van der Waals surface area (Å²) in [6.45, 7) is 13.8. The molecule has 0 aromatic heterocycles. The number of hydrogen-bond donors (Lipinski definition) is 6. The van der Waals surface area contributed by atoms with E-state index in [-0.39, 0.29) is 18.1 Å². The largest absolute Gasteiger partial charge is 0.394 e. The van der Waals surface area contributed by atoms with Crippen molar-refractivity contribution in [2.75, 3.05) is 13.2 Å². The van der Waals surface area contributed by atoms with E-state index in [4.69, 9.17) is 18.9 Å². The Morgan fingerprint density at radius 3 is 2.34 bits per heavy atom. The topological polar surface area (TPSA) is 158 Å². The SMILES string of the molecule is CC[C@H](/C=C\[C@@H](C)[C@H]1CC[C@H]2[C@@H]3CC=C4C[C@@H](O[C@@H]5OC[C@@H](O)[C@H](O)[C@H]5O[C@@H]5O[C@H](CO)[C@@H](O)[C@H](O)[C@H]5O)CC[C@]4(C)[C@H]3CC[C@]12C)C(C)C. The van der Waals surface area contributed by atoms with E-state index in [0.717, 1.165) is 37.5 Å². The van der Waals surface area contributed by atoms with E-state index in [1.807, 2.05) is 0 Å². The van der Waals surface area contributed by atoms with Gasteiger partial charge in [0.2, 0.25) is 0 Å². The maximum absolute atomic E-state index is 10.9. The highest BCUT2D eigenvalue weighted by Gasteiger charge is 2.59. The first-order chi connectivity index (χ1) is 23.7. The van der Waals surface area contributed by atoms with Gasteiger partial charge in [0.05, 0.1) is 19.3 Å². The van der Waals surface area contributed by atoms with Crippen LogP contribution in [0, 0.1) is 52.3 Å². The van der Waals surface area contributed by atoms with Crippen LogP contribution in [0.5, 0.6) is 0 Å². The molecule has 0 aromatic rings. The lowest BCUT2D eigenvalue weighted by Gasteiger charge is -2.58. The molecule has 286 valence electrons. The fourth-order valence-corrected chi connectivity index (χ4v) is 11.5. The van der Waals surface area contributed by atoms with Gasteiger partial charge in [-0.2, -0.15) is 0 Å². The Bertz CT molecular complexity index is 1210. The lowest BCUT2D eigenvalue weighted by atomic mass is 9.47. The van der Waals surface area contributed by atoms with Crippen molar-refractivity contribution >= 4 is 0 Å². The maximum atomic E-state index is 10.9. The second-order valence-electron chi connectivity index (χ2n) is 17.6. The van der Waals surface area contributed by atoms with E-state index >= 15 is 0 Å². The Morgan fingerprint density at radius 1 is 0.880 bits per heavy atom. The second-order valence-corrected chi connectivity index (χ2v) is 17.6. The Hall–Kier alpha value is -0.920. The average molecular weight is 707 g/mol. The minimum absolute atomic E-state index is 0.120. The van der Waals surface area contributed by atoms with Crippen molar-refractivity contribution in [2.24, 2.45) is 52.3 Å². The van der Waals surface area contributed by atoms with Crippen LogP contribution >= 0.6 is 0 Å². The van der Waals surface area contributed by atoms with E-state index in [1.54, 1.807) is 0 Å². The molecule has 3 saturated carbocycles. The zero-order valence-corrected chi connectivity index (χ0v) is 31.1. The fraction of sp³-hybridized carbons (Fsp3) is 0.900. The summed E-state index contributed by atoms with van der Waals surface area (Å²) < 4.78 is 23.8. The summed E-state index contributed by atoms with van der Waals surface area (Å²) in [4.78, 5) is 0. The zero-order chi connectivity index (χ0) is 36.1. The van der Waals surface area contributed by atoms with Gasteiger partial charge in [-0.25, -0.2) is 0 Å². The van der Waals surface area contributed by atoms with Crippen LogP contribution in [-0.4, -0.2) is 105 Å². The van der Waals surface area contributed by atoms with Crippen LogP contribution in [0.2, 0.25) is 0 Å². The molecule has 6 aliphatic rings. The number of aliphatic hydroxyl groups is 6. The molecule has 2 saturated heterocycles. The molecule has 4 aliphatic carbocycles. The lowest BCUT2D eigenvalue weighted by Crippen LogP contribution is -2.63. The Kier molecular flexibility index (Phi) is 12.0. The van der Waals surface area contributed by atoms with E-state index in [0.29, 0.717) is 35.0 Å². The van der Waals surface area contributed by atoms with Crippen LogP contribution < -0.4 is 0 Å². The number of hydrogen-bond acceptors (Lipinski definition) is 10. The lowest BCUT2D eigenvalue weighted by molar-refractivity contribution is -0.361. The Balaban J connectivity index is 1.12. The van der Waals surface area contributed by atoms with Gasteiger partial charge in [-0.15, -0.1) is 0 Å².